The van der Waals surface area contributed by atoms with Gasteiger partial charge in [-0.1, -0.05) is 37.3 Å². The second kappa shape index (κ2) is 9.16. The van der Waals surface area contributed by atoms with E-state index in [1.807, 2.05) is 6.07 Å². The van der Waals surface area contributed by atoms with Crippen LogP contribution in [-0.2, 0) is 14.3 Å². The number of carbonyl (C=O) groups is 2. The first-order valence-corrected chi connectivity index (χ1v) is 7.93. The quantitative estimate of drug-likeness (QED) is 0.441. The number of nitro benzene ring substituents is 1. The number of nitrogens with one attached hydrogen (secondary N) is 1. The van der Waals surface area contributed by atoms with E-state index in [2.05, 4.69) is 5.32 Å². The summed E-state index contributed by atoms with van der Waals surface area (Å²) in [5, 5.41) is 13.3. The molecule has 0 aliphatic heterocycles. The first-order valence-electron chi connectivity index (χ1n) is 7.93. The number of hydrogen-bond acceptors (Lipinski definition) is 6. The lowest BCUT2D eigenvalue weighted by Gasteiger charge is -2.16. The molecule has 0 aliphatic rings. The fourth-order valence-electron chi connectivity index (χ4n) is 2.12. The van der Waals surface area contributed by atoms with Crippen LogP contribution in [0.15, 0.2) is 54.6 Å². The Bertz CT molecular complexity index is 778. The SMILES string of the molecule is CC[C@@H](Oc1ccccc1)C(=O)OCC(=O)Nc1ccccc1[N+](=O)[O-]. The molecule has 2 rings (SSSR count). The van der Waals surface area contributed by atoms with Gasteiger partial charge < -0.3 is 14.8 Å². The molecule has 0 saturated carbocycles. The third kappa shape index (κ3) is 5.30. The summed E-state index contributed by atoms with van der Waals surface area (Å²) in [6.07, 6.45) is -0.490. The summed E-state index contributed by atoms with van der Waals surface area (Å²) in [5.41, 5.74) is -0.211. The zero-order chi connectivity index (χ0) is 18.9. The first kappa shape index (κ1) is 18.9. The highest BCUT2D eigenvalue weighted by atomic mass is 16.6. The minimum atomic E-state index is -0.851. The van der Waals surface area contributed by atoms with Crippen molar-refractivity contribution in [3.8, 4) is 5.75 Å². The number of esters is 1. The molecule has 26 heavy (non-hydrogen) atoms. The molecule has 8 heteroatoms. The van der Waals surface area contributed by atoms with E-state index in [1.165, 1.54) is 18.2 Å². The molecule has 2 aromatic rings. The molecule has 1 amide bonds. The van der Waals surface area contributed by atoms with Crippen molar-refractivity contribution < 1.29 is 24.0 Å². The van der Waals surface area contributed by atoms with Crippen LogP contribution in [0.1, 0.15) is 13.3 Å². The monoisotopic (exact) mass is 358 g/mol. The van der Waals surface area contributed by atoms with Crippen LogP contribution < -0.4 is 10.1 Å². The maximum atomic E-state index is 12.1. The molecular formula is C18H18N2O6. The van der Waals surface area contributed by atoms with E-state index in [0.717, 1.165) is 0 Å². The number of rotatable bonds is 8. The van der Waals surface area contributed by atoms with Crippen molar-refractivity contribution >= 4 is 23.3 Å². The summed E-state index contributed by atoms with van der Waals surface area (Å²) in [6.45, 7) is 1.18. The minimum Gasteiger partial charge on any atom is -0.479 e. The van der Waals surface area contributed by atoms with E-state index in [1.54, 1.807) is 37.3 Å². The molecule has 0 spiro atoms. The molecule has 0 aliphatic carbocycles. The second-order valence-corrected chi connectivity index (χ2v) is 5.26. The molecular weight excluding hydrogens is 340 g/mol. The van der Waals surface area contributed by atoms with Gasteiger partial charge in [-0.25, -0.2) is 4.79 Å². The molecule has 8 nitrogen and oxygen atoms in total. The van der Waals surface area contributed by atoms with Gasteiger partial charge in [0.05, 0.1) is 4.92 Å². The van der Waals surface area contributed by atoms with E-state index in [-0.39, 0.29) is 11.4 Å². The number of hydrogen-bond donors (Lipinski definition) is 1. The molecule has 2 aromatic carbocycles. The number of nitro groups is 1. The van der Waals surface area contributed by atoms with Crippen molar-refractivity contribution in [3.63, 3.8) is 0 Å². The van der Waals surface area contributed by atoms with Gasteiger partial charge >= 0.3 is 5.97 Å². The van der Waals surface area contributed by atoms with Crippen molar-refractivity contribution in [2.45, 2.75) is 19.4 Å². The molecule has 136 valence electrons. The normalized spacial score (nSPS) is 11.3. The number of anilines is 1. The molecule has 1 N–H and O–H groups in total. The van der Waals surface area contributed by atoms with E-state index in [9.17, 15) is 19.7 Å². The smallest absolute Gasteiger partial charge is 0.347 e. The summed E-state index contributed by atoms with van der Waals surface area (Å²) in [7, 11) is 0. The zero-order valence-corrected chi connectivity index (χ0v) is 14.1. The summed E-state index contributed by atoms with van der Waals surface area (Å²) in [6, 6.07) is 14.5. The molecule has 1 atom stereocenters. The van der Waals surface area contributed by atoms with Crippen LogP contribution in [0, 0.1) is 10.1 Å². The highest BCUT2D eigenvalue weighted by Crippen LogP contribution is 2.23. The van der Waals surface area contributed by atoms with Gasteiger partial charge in [0, 0.05) is 6.07 Å². The molecule has 0 fully saturated rings. The first-order chi connectivity index (χ1) is 12.5. The van der Waals surface area contributed by atoms with Crippen LogP contribution in [0.5, 0.6) is 5.75 Å². The van der Waals surface area contributed by atoms with Gasteiger partial charge in [-0.15, -0.1) is 0 Å². The van der Waals surface area contributed by atoms with Crippen LogP contribution in [0.4, 0.5) is 11.4 Å². The minimum absolute atomic E-state index is 0.0335. The Morgan fingerprint density at radius 3 is 2.42 bits per heavy atom. The van der Waals surface area contributed by atoms with Crippen LogP contribution in [-0.4, -0.2) is 29.5 Å². The highest BCUT2D eigenvalue weighted by Gasteiger charge is 2.22. The lowest BCUT2D eigenvalue weighted by molar-refractivity contribution is -0.383. The van der Waals surface area contributed by atoms with Crippen LogP contribution >= 0.6 is 0 Å². The Morgan fingerprint density at radius 2 is 1.77 bits per heavy atom. The molecule has 0 unspecified atom stereocenters. The predicted octanol–water partition coefficient (Wildman–Crippen LogP) is 2.93. The summed E-state index contributed by atoms with van der Waals surface area (Å²) in [5.74, 6) is -0.850. The van der Waals surface area contributed by atoms with E-state index >= 15 is 0 Å². The maximum Gasteiger partial charge on any atom is 0.347 e. The second-order valence-electron chi connectivity index (χ2n) is 5.26. The average molecular weight is 358 g/mol. The van der Waals surface area contributed by atoms with Crippen molar-refractivity contribution in [1.82, 2.24) is 0 Å². The number of ether oxygens (including phenoxy) is 2. The van der Waals surface area contributed by atoms with Crippen molar-refractivity contribution in [3.05, 3.63) is 64.7 Å². The Morgan fingerprint density at radius 1 is 1.12 bits per heavy atom. The van der Waals surface area contributed by atoms with Gasteiger partial charge in [0.15, 0.2) is 12.7 Å². The summed E-state index contributed by atoms with van der Waals surface area (Å²) >= 11 is 0. The van der Waals surface area contributed by atoms with E-state index < -0.39 is 29.5 Å². The van der Waals surface area contributed by atoms with Gasteiger partial charge in [-0.05, 0) is 24.6 Å². The zero-order valence-electron chi connectivity index (χ0n) is 14.1. The van der Waals surface area contributed by atoms with Crippen LogP contribution in [0.3, 0.4) is 0 Å². The van der Waals surface area contributed by atoms with Gasteiger partial charge in [0.25, 0.3) is 11.6 Å². The fourth-order valence-corrected chi connectivity index (χ4v) is 2.12. The number of para-hydroxylation sites is 3. The van der Waals surface area contributed by atoms with Crippen molar-refractivity contribution in [2.24, 2.45) is 0 Å². The molecule has 0 saturated heterocycles. The maximum absolute atomic E-state index is 12.1. The van der Waals surface area contributed by atoms with Gasteiger partial charge in [-0.2, -0.15) is 0 Å². The molecule has 0 aromatic heterocycles. The number of benzene rings is 2. The standard InChI is InChI=1S/C18H18N2O6/c1-2-16(26-13-8-4-3-5-9-13)18(22)25-12-17(21)19-14-10-6-7-11-15(14)20(23)24/h3-11,16H,2,12H2,1H3,(H,19,21)/t16-/m1/s1. The Balaban J connectivity index is 1.90. The lowest BCUT2D eigenvalue weighted by atomic mass is 10.2. The van der Waals surface area contributed by atoms with E-state index in [4.69, 9.17) is 9.47 Å². The molecule has 0 bridgehead atoms. The van der Waals surface area contributed by atoms with E-state index in [0.29, 0.717) is 12.2 Å². The number of carbonyl (C=O) groups excluding carboxylic acids is 2. The molecule has 0 heterocycles. The Kier molecular flexibility index (Phi) is 6.67. The fraction of sp³-hybridized carbons (Fsp3) is 0.222. The van der Waals surface area contributed by atoms with Crippen LogP contribution in [0.2, 0.25) is 0 Å². The Hall–Kier alpha value is -3.42. The largest absolute Gasteiger partial charge is 0.479 e. The third-order valence-corrected chi connectivity index (χ3v) is 3.38. The van der Waals surface area contributed by atoms with Crippen molar-refractivity contribution in [1.29, 1.82) is 0 Å². The summed E-state index contributed by atoms with van der Waals surface area (Å²) < 4.78 is 10.5. The summed E-state index contributed by atoms with van der Waals surface area (Å²) in [4.78, 5) is 34.3. The van der Waals surface area contributed by atoms with Crippen LogP contribution in [0.25, 0.3) is 0 Å². The highest BCUT2D eigenvalue weighted by molar-refractivity contribution is 5.95. The van der Waals surface area contributed by atoms with Gasteiger partial charge in [-0.3, -0.25) is 14.9 Å². The molecule has 0 radical (unpaired) electrons. The lowest BCUT2D eigenvalue weighted by Crippen LogP contribution is -2.31. The number of amides is 1. The average Bonchev–Trinajstić information content (AvgIpc) is 2.65. The van der Waals surface area contributed by atoms with Gasteiger partial charge in [0.1, 0.15) is 11.4 Å². The third-order valence-electron chi connectivity index (χ3n) is 3.38. The van der Waals surface area contributed by atoms with Gasteiger partial charge in [0.2, 0.25) is 0 Å². The Labute approximate surface area is 149 Å². The van der Waals surface area contributed by atoms with Crippen molar-refractivity contribution in [2.75, 3.05) is 11.9 Å². The predicted molar refractivity (Wildman–Crippen MR) is 93.8 cm³/mol. The number of nitrogens with zero attached hydrogens (tertiary/aromatic N) is 1. The topological polar surface area (TPSA) is 108 Å².